The van der Waals surface area contributed by atoms with Crippen LogP contribution < -0.4 is 9.47 Å². The van der Waals surface area contributed by atoms with E-state index >= 15 is 0 Å². The molecule has 2 aromatic rings. The zero-order valence-corrected chi connectivity index (χ0v) is 15.6. The number of aromatic nitrogens is 3. The van der Waals surface area contributed by atoms with Crippen LogP contribution in [0.1, 0.15) is 34.8 Å². The molecule has 1 fully saturated rings. The molecule has 2 amide bonds. The van der Waals surface area contributed by atoms with Crippen molar-refractivity contribution >= 4 is 11.8 Å². The first-order valence-electron chi connectivity index (χ1n) is 9.50. The van der Waals surface area contributed by atoms with E-state index in [1.807, 2.05) is 11.6 Å². The lowest BCUT2D eigenvalue weighted by atomic mass is 10.1. The van der Waals surface area contributed by atoms with Crippen molar-refractivity contribution in [1.82, 2.24) is 24.6 Å². The quantitative estimate of drug-likeness (QED) is 0.767. The number of ether oxygens (including phenoxy) is 2. The van der Waals surface area contributed by atoms with Crippen molar-refractivity contribution in [2.45, 2.75) is 38.9 Å². The van der Waals surface area contributed by atoms with E-state index in [2.05, 4.69) is 10.1 Å². The predicted molar refractivity (Wildman–Crippen MR) is 96.8 cm³/mol. The van der Waals surface area contributed by atoms with Gasteiger partial charge >= 0.3 is 0 Å². The second-order valence-electron chi connectivity index (χ2n) is 7.28. The number of nitrogens with zero attached hydrogens (tertiary/aromatic N) is 5. The van der Waals surface area contributed by atoms with Crippen LogP contribution in [0.15, 0.2) is 18.2 Å². The van der Waals surface area contributed by atoms with E-state index in [1.54, 1.807) is 28.0 Å². The highest BCUT2D eigenvalue weighted by atomic mass is 16.7. The summed E-state index contributed by atoms with van der Waals surface area (Å²) in [5.41, 5.74) is 0.512. The van der Waals surface area contributed by atoms with Crippen LogP contribution in [0.5, 0.6) is 11.5 Å². The second kappa shape index (κ2) is 6.50. The average molecular weight is 383 g/mol. The monoisotopic (exact) mass is 383 g/mol. The first kappa shape index (κ1) is 17.0. The van der Waals surface area contributed by atoms with Crippen LogP contribution >= 0.6 is 0 Å². The minimum atomic E-state index is -0.437. The number of rotatable bonds is 2. The molecule has 0 N–H and O–H groups in total. The fourth-order valence-corrected chi connectivity index (χ4v) is 4.12. The summed E-state index contributed by atoms with van der Waals surface area (Å²) in [6.45, 7) is 4.23. The van der Waals surface area contributed by atoms with E-state index in [4.69, 9.17) is 9.47 Å². The first-order valence-corrected chi connectivity index (χ1v) is 9.50. The molecule has 3 aliphatic heterocycles. The number of benzene rings is 1. The molecule has 0 saturated carbocycles. The van der Waals surface area contributed by atoms with Gasteiger partial charge in [-0.2, -0.15) is 5.10 Å². The molecule has 1 unspecified atom stereocenters. The number of aryl methyl sites for hydroxylation is 1. The Balaban J connectivity index is 1.34. The molecule has 146 valence electrons. The van der Waals surface area contributed by atoms with E-state index in [0.29, 0.717) is 55.5 Å². The van der Waals surface area contributed by atoms with Crippen molar-refractivity contribution in [2.24, 2.45) is 0 Å². The molecular weight excluding hydrogens is 362 g/mol. The van der Waals surface area contributed by atoms with Gasteiger partial charge in [0, 0.05) is 18.7 Å². The maximum atomic E-state index is 13.2. The maximum absolute atomic E-state index is 13.2. The van der Waals surface area contributed by atoms with Crippen molar-refractivity contribution < 1.29 is 19.1 Å². The number of likely N-dealkylation sites (tertiary alicyclic amines) is 1. The van der Waals surface area contributed by atoms with Crippen LogP contribution in [0.25, 0.3) is 0 Å². The molecule has 9 nitrogen and oxygen atoms in total. The zero-order valence-electron chi connectivity index (χ0n) is 15.6. The fourth-order valence-electron chi connectivity index (χ4n) is 4.12. The van der Waals surface area contributed by atoms with Crippen molar-refractivity contribution in [2.75, 3.05) is 19.9 Å². The van der Waals surface area contributed by atoms with Crippen LogP contribution in [-0.4, -0.2) is 62.3 Å². The molecule has 4 heterocycles. The van der Waals surface area contributed by atoms with Crippen LogP contribution in [0.3, 0.4) is 0 Å². The number of hydrogen-bond donors (Lipinski definition) is 0. The van der Waals surface area contributed by atoms with Crippen LogP contribution in [0.2, 0.25) is 0 Å². The number of amides is 2. The molecule has 9 heteroatoms. The van der Waals surface area contributed by atoms with Gasteiger partial charge in [0.05, 0.1) is 13.1 Å². The smallest absolute Gasteiger partial charge is 0.254 e. The summed E-state index contributed by atoms with van der Waals surface area (Å²) in [4.78, 5) is 34.1. The van der Waals surface area contributed by atoms with Gasteiger partial charge < -0.3 is 19.3 Å². The van der Waals surface area contributed by atoms with Gasteiger partial charge in [-0.3, -0.25) is 9.59 Å². The van der Waals surface area contributed by atoms with E-state index in [9.17, 15) is 9.59 Å². The number of carbonyl (C=O) groups excluding carboxylic acids is 2. The molecule has 0 radical (unpaired) electrons. The van der Waals surface area contributed by atoms with E-state index in [-0.39, 0.29) is 18.6 Å². The Hall–Kier alpha value is -3.10. The van der Waals surface area contributed by atoms with Gasteiger partial charge in [-0.1, -0.05) is 0 Å². The molecule has 1 aromatic carbocycles. The standard InChI is InChI=1S/C19H21N5O4/c1-12-20-17-10-22(7-8-24(17)21-12)19(26)14-3-2-6-23(14)18(25)13-4-5-15-16(9-13)28-11-27-15/h4-5,9,14H,2-3,6-8,10-11H2,1H3. The topological polar surface area (TPSA) is 89.8 Å². The van der Waals surface area contributed by atoms with Gasteiger partial charge in [-0.05, 0) is 38.0 Å². The lowest BCUT2D eigenvalue weighted by Gasteiger charge is -2.32. The number of hydrogen-bond acceptors (Lipinski definition) is 6. The Morgan fingerprint density at radius 3 is 2.89 bits per heavy atom. The van der Waals surface area contributed by atoms with Gasteiger partial charge in [0.2, 0.25) is 12.7 Å². The van der Waals surface area contributed by atoms with Crippen molar-refractivity contribution in [3.63, 3.8) is 0 Å². The fraction of sp³-hybridized carbons (Fsp3) is 0.474. The lowest BCUT2D eigenvalue weighted by molar-refractivity contribution is -0.136. The largest absolute Gasteiger partial charge is 0.454 e. The average Bonchev–Trinajstić information content (AvgIpc) is 3.43. The lowest BCUT2D eigenvalue weighted by Crippen LogP contribution is -2.49. The summed E-state index contributed by atoms with van der Waals surface area (Å²) in [7, 11) is 0. The third kappa shape index (κ3) is 2.78. The van der Waals surface area contributed by atoms with Gasteiger partial charge in [-0.15, -0.1) is 0 Å². The molecule has 1 aromatic heterocycles. The summed E-state index contributed by atoms with van der Waals surface area (Å²) >= 11 is 0. The van der Waals surface area contributed by atoms with Crippen LogP contribution in [0, 0.1) is 6.92 Å². The SMILES string of the molecule is Cc1nc2n(n1)CCN(C(=O)C1CCCN1C(=O)c1ccc3c(c1)OCO3)C2. The highest BCUT2D eigenvalue weighted by Crippen LogP contribution is 2.33. The van der Waals surface area contributed by atoms with Crippen molar-refractivity contribution in [3.05, 3.63) is 35.4 Å². The summed E-state index contributed by atoms with van der Waals surface area (Å²) in [5, 5.41) is 4.33. The third-order valence-electron chi connectivity index (χ3n) is 5.50. The Morgan fingerprint density at radius 1 is 1.14 bits per heavy atom. The first-order chi connectivity index (χ1) is 13.6. The van der Waals surface area contributed by atoms with Gasteiger partial charge in [0.25, 0.3) is 5.91 Å². The number of fused-ring (bicyclic) bond motifs is 2. The second-order valence-corrected chi connectivity index (χ2v) is 7.28. The molecule has 5 rings (SSSR count). The summed E-state index contributed by atoms with van der Waals surface area (Å²) in [5.74, 6) is 2.55. The summed E-state index contributed by atoms with van der Waals surface area (Å²) in [6, 6.07) is 4.72. The molecule has 0 bridgehead atoms. The Kier molecular flexibility index (Phi) is 3.96. The zero-order chi connectivity index (χ0) is 19.3. The van der Waals surface area contributed by atoms with Gasteiger partial charge in [-0.25, -0.2) is 9.67 Å². The predicted octanol–water partition coefficient (Wildman–Crippen LogP) is 0.962. The molecule has 3 aliphatic rings. The highest BCUT2D eigenvalue weighted by Gasteiger charge is 2.38. The molecular formula is C19H21N5O4. The van der Waals surface area contributed by atoms with Crippen LogP contribution in [-0.2, 0) is 17.9 Å². The van der Waals surface area contributed by atoms with Gasteiger partial charge in [0.1, 0.15) is 17.7 Å². The highest BCUT2D eigenvalue weighted by molar-refractivity contribution is 5.98. The maximum Gasteiger partial charge on any atom is 0.254 e. The molecule has 28 heavy (non-hydrogen) atoms. The molecule has 0 spiro atoms. The summed E-state index contributed by atoms with van der Waals surface area (Å²) in [6.07, 6.45) is 1.49. The van der Waals surface area contributed by atoms with Gasteiger partial charge in [0.15, 0.2) is 11.5 Å². The normalized spacial score (nSPS) is 20.4. The van der Waals surface area contributed by atoms with Crippen LogP contribution in [0.4, 0.5) is 0 Å². The minimum absolute atomic E-state index is 0.0153. The Morgan fingerprint density at radius 2 is 2.00 bits per heavy atom. The van der Waals surface area contributed by atoms with Crippen molar-refractivity contribution in [1.29, 1.82) is 0 Å². The molecule has 0 aliphatic carbocycles. The number of carbonyl (C=O) groups is 2. The van der Waals surface area contributed by atoms with E-state index < -0.39 is 6.04 Å². The van der Waals surface area contributed by atoms with Crippen molar-refractivity contribution in [3.8, 4) is 11.5 Å². The Bertz CT molecular complexity index is 956. The third-order valence-corrected chi connectivity index (χ3v) is 5.50. The Labute approximate surface area is 161 Å². The molecule has 1 atom stereocenters. The van der Waals surface area contributed by atoms with E-state index in [0.717, 1.165) is 12.2 Å². The summed E-state index contributed by atoms with van der Waals surface area (Å²) < 4.78 is 12.5. The van der Waals surface area contributed by atoms with E-state index in [1.165, 1.54) is 0 Å². The minimum Gasteiger partial charge on any atom is -0.454 e. The molecule has 1 saturated heterocycles.